The highest BCUT2D eigenvalue weighted by molar-refractivity contribution is 7.16. The molecule has 9 nitrogen and oxygen atoms in total. The van der Waals surface area contributed by atoms with Gasteiger partial charge in [0, 0.05) is 5.92 Å². The van der Waals surface area contributed by atoms with Crippen molar-refractivity contribution < 1.29 is 19.7 Å². The van der Waals surface area contributed by atoms with Crippen LogP contribution in [0.2, 0.25) is 0 Å². The van der Waals surface area contributed by atoms with Crippen molar-refractivity contribution in [3.8, 4) is 0 Å². The first-order chi connectivity index (χ1) is 13.1. The van der Waals surface area contributed by atoms with Crippen molar-refractivity contribution in [2.24, 2.45) is 17.3 Å². The first-order valence-corrected chi connectivity index (χ1v) is 10.1. The van der Waals surface area contributed by atoms with Crippen molar-refractivity contribution in [3.63, 3.8) is 0 Å². The topological polar surface area (TPSA) is 141 Å². The number of hydrogen-bond donors (Lipinski definition) is 3. The summed E-state index contributed by atoms with van der Waals surface area (Å²) in [7, 11) is 0. The SMILES string of the molecule is CC[C@H](O)[C@@H]1C[C@@H]([C@@H](C)C(C)(C)C(=O)O)[C@H](n2c(=O)sc3cnc(N)nc32)O1. The number of carboxylic acid groups (broad SMARTS) is 1. The van der Waals surface area contributed by atoms with Gasteiger partial charge in [-0.15, -0.1) is 0 Å². The average Bonchev–Trinajstić information content (AvgIpc) is 3.20. The number of aliphatic hydroxyl groups is 1. The lowest BCUT2D eigenvalue weighted by Crippen LogP contribution is -2.38. The Morgan fingerprint density at radius 3 is 2.82 bits per heavy atom. The molecule has 0 unspecified atom stereocenters. The van der Waals surface area contributed by atoms with Crippen molar-refractivity contribution >= 4 is 33.6 Å². The van der Waals surface area contributed by atoms with Crippen molar-refractivity contribution in [1.82, 2.24) is 14.5 Å². The van der Waals surface area contributed by atoms with Crippen LogP contribution in [0.1, 0.15) is 46.8 Å². The number of rotatable bonds is 6. The van der Waals surface area contributed by atoms with Gasteiger partial charge in [-0.2, -0.15) is 4.98 Å². The minimum atomic E-state index is -1.04. The first-order valence-electron chi connectivity index (χ1n) is 9.28. The number of ether oxygens (including phenoxy) is 1. The highest BCUT2D eigenvalue weighted by atomic mass is 32.1. The van der Waals surface area contributed by atoms with Gasteiger partial charge in [0.05, 0.1) is 28.5 Å². The lowest BCUT2D eigenvalue weighted by molar-refractivity contribution is -0.152. The molecule has 0 aromatic carbocycles. The molecule has 154 valence electrons. The fourth-order valence-electron chi connectivity index (χ4n) is 3.74. The molecule has 0 aliphatic carbocycles. The number of aromatic nitrogens is 3. The second kappa shape index (κ2) is 7.41. The molecule has 5 atom stereocenters. The van der Waals surface area contributed by atoms with Crippen molar-refractivity contribution in [1.29, 1.82) is 0 Å². The van der Waals surface area contributed by atoms with Crippen LogP contribution >= 0.6 is 11.3 Å². The molecule has 10 heteroatoms. The molecule has 3 rings (SSSR count). The molecule has 28 heavy (non-hydrogen) atoms. The van der Waals surface area contributed by atoms with Crippen LogP contribution in [0.3, 0.4) is 0 Å². The Hall–Kier alpha value is -2.04. The molecule has 0 spiro atoms. The smallest absolute Gasteiger partial charge is 0.311 e. The van der Waals surface area contributed by atoms with Gasteiger partial charge in [0.25, 0.3) is 0 Å². The van der Waals surface area contributed by atoms with E-state index in [4.69, 9.17) is 10.5 Å². The molecule has 2 aromatic heterocycles. The van der Waals surface area contributed by atoms with Crippen LogP contribution in [-0.4, -0.2) is 42.9 Å². The molecule has 1 aliphatic heterocycles. The van der Waals surface area contributed by atoms with Crippen LogP contribution < -0.4 is 10.6 Å². The van der Waals surface area contributed by atoms with Gasteiger partial charge in [-0.05, 0) is 32.6 Å². The number of carboxylic acids is 1. The maximum Gasteiger partial charge on any atom is 0.311 e. The number of nitrogens with zero attached hydrogens (tertiary/aromatic N) is 3. The summed E-state index contributed by atoms with van der Waals surface area (Å²) in [6.45, 7) is 7.02. The number of nitrogens with two attached hydrogens (primary N) is 1. The zero-order chi connectivity index (χ0) is 20.8. The minimum absolute atomic E-state index is 0.0395. The van der Waals surface area contributed by atoms with Crippen LogP contribution in [0.5, 0.6) is 0 Å². The monoisotopic (exact) mass is 410 g/mol. The Labute approximate surface area is 166 Å². The van der Waals surface area contributed by atoms with Gasteiger partial charge in [-0.3, -0.25) is 14.2 Å². The third-order valence-electron chi connectivity index (χ3n) is 6.00. The second-order valence-electron chi connectivity index (χ2n) is 7.91. The molecule has 1 saturated heterocycles. The average molecular weight is 410 g/mol. The molecule has 0 radical (unpaired) electrons. The zero-order valence-corrected chi connectivity index (χ0v) is 17.1. The third kappa shape index (κ3) is 3.40. The number of fused-ring (bicyclic) bond motifs is 1. The fourth-order valence-corrected chi connectivity index (χ4v) is 4.56. The van der Waals surface area contributed by atoms with E-state index >= 15 is 0 Å². The Balaban J connectivity index is 2.11. The fraction of sp³-hybridized carbons (Fsp3) is 0.667. The number of aliphatic hydroxyl groups excluding tert-OH is 1. The van der Waals surface area contributed by atoms with E-state index in [-0.39, 0.29) is 22.7 Å². The predicted molar refractivity (Wildman–Crippen MR) is 105 cm³/mol. The Morgan fingerprint density at radius 2 is 2.21 bits per heavy atom. The molecule has 3 heterocycles. The van der Waals surface area contributed by atoms with E-state index in [0.717, 1.165) is 11.3 Å². The lowest BCUT2D eigenvalue weighted by Gasteiger charge is -2.34. The number of nitrogen functional groups attached to an aromatic ring is 1. The second-order valence-corrected chi connectivity index (χ2v) is 8.90. The van der Waals surface area contributed by atoms with E-state index in [0.29, 0.717) is 23.2 Å². The largest absolute Gasteiger partial charge is 0.481 e. The van der Waals surface area contributed by atoms with Gasteiger partial charge in [-0.25, -0.2) is 4.98 Å². The number of anilines is 1. The molecule has 0 amide bonds. The van der Waals surface area contributed by atoms with Crippen molar-refractivity contribution in [2.75, 3.05) is 5.73 Å². The number of hydrogen-bond acceptors (Lipinski definition) is 8. The Kier molecular flexibility index (Phi) is 5.48. The van der Waals surface area contributed by atoms with Crippen LogP contribution in [0, 0.1) is 17.3 Å². The van der Waals surface area contributed by atoms with Gasteiger partial charge in [0.1, 0.15) is 6.23 Å². The summed E-state index contributed by atoms with van der Waals surface area (Å²) in [5.41, 5.74) is 5.04. The molecular formula is C18H26N4O5S. The van der Waals surface area contributed by atoms with Crippen molar-refractivity contribution in [3.05, 3.63) is 15.9 Å². The Bertz CT molecular complexity index is 940. The molecule has 2 aromatic rings. The van der Waals surface area contributed by atoms with E-state index in [9.17, 15) is 19.8 Å². The summed E-state index contributed by atoms with van der Waals surface area (Å²) in [6, 6.07) is 0. The Morgan fingerprint density at radius 1 is 1.54 bits per heavy atom. The molecular weight excluding hydrogens is 384 g/mol. The van der Waals surface area contributed by atoms with Crippen LogP contribution in [0.15, 0.2) is 11.0 Å². The summed E-state index contributed by atoms with van der Waals surface area (Å²) in [5, 5.41) is 20.0. The standard InChI is InChI=1S/C18H26N4O5S/c1-5-10(23)11-6-9(8(2)18(3,4)15(24)25)14(27-11)22-13-12(28-17(22)26)7-20-16(19)21-13/h7-11,14,23H,5-6H2,1-4H3,(H,24,25)(H2,19,20,21)/t8-,9+,10+,11+,14-/m1/s1. The normalized spacial score (nSPS) is 25.1. The minimum Gasteiger partial charge on any atom is -0.481 e. The van der Waals surface area contributed by atoms with Gasteiger partial charge in [-0.1, -0.05) is 25.2 Å². The lowest BCUT2D eigenvalue weighted by atomic mass is 9.71. The summed E-state index contributed by atoms with van der Waals surface area (Å²) >= 11 is 0.985. The summed E-state index contributed by atoms with van der Waals surface area (Å²) < 4.78 is 8.13. The van der Waals surface area contributed by atoms with E-state index in [1.54, 1.807) is 13.8 Å². The summed E-state index contributed by atoms with van der Waals surface area (Å²) in [6.07, 6.45) is 0.501. The number of aliphatic carboxylic acids is 1. The van der Waals surface area contributed by atoms with E-state index < -0.39 is 29.8 Å². The molecule has 4 N–H and O–H groups in total. The van der Waals surface area contributed by atoms with Crippen LogP contribution in [-0.2, 0) is 9.53 Å². The zero-order valence-electron chi connectivity index (χ0n) is 16.3. The van der Waals surface area contributed by atoms with E-state index in [1.165, 1.54) is 10.8 Å². The van der Waals surface area contributed by atoms with Crippen LogP contribution in [0.4, 0.5) is 5.95 Å². The van der Waals surface area contributed by atoms with Gasteiger partial charge >= 0.3 is 10.8 Å². The maximum absolute atomic E-state index is 12.7. The number of thiazole rings is 1. The highest BCUT2D eigenvalue weighted by Gasteiger charge is 2.49. The summed E-state index contributed by atoms with van der Waals surface area (Å²) in [4.78, 5) is 32.4. The van der Waals surface area contributed by atoms with E-state index in [2.05, 4.69) is 9.97 Å². The predicted octanol–water partition coefficient (Wildman–Crippen LogP) is 1.86. The van der Waals surface area contributed by atoms with Gasteiger partial charge in [0.2, 0.25) is 5.95 Å². The molecule has 0 bridgehead atoms. The maximum atomic E-state index is 12.7. The molecule has 0 saturated carbocycles. The quantitative estimate of drug-likeness (QED) is 0.655. The summed E-state index contributed by atoms with van der Waals surface area (Å²) in [5.74, 6) is -1.51. The van der Waals surface area contributed by atoms with Gasteiger partial charge in [0.15, 0.2) is 5.65 Å². The first kappa shape index (κ1) is 20.7. The van der Waals surface area contributed by atoms with Crippen LogP contribution in [0.25, 0.3) is 10.3 Å². The highest BCUT2D eigenvalue weighted by Crippen LogP contribution is 2.47. The van der Waals surface area contributed by atoms with Gasteiger partial charge < -0.3 is 20.7 Å². The third-order valence-corrected chi connectivity index (χ3v) is 6.87. The molecule has 1 fully saturated rings. The van der Waals surface area contributed by atoms with E-state index in [1.807, 2.05) is 13.8 Å². The number of carbonyl (C=O) groups is 1. The molecule has 1 aliphatic rings. The van der Waals surface area contributed by atoms with Crippen molar-refractivity contribution in [2.45, 2.75) is 59.0 Å².